The van der Waals surface area contributed by atoms with Crippen molar-refractivity contribution in [2.24, 2.45) is 0 Å². The summed E-state index contributed by atoms with van der Waals surface area (Å²) in [4.78, 5) is 0.490. The zero-order chi connectivity index (χ0) is 54.0. The van der Waals surface area contributed by atoms with E-state index in [1.54, 1.807) is 36.4 Å². The van der Waals surface area contributed by atoms with E-state index < -0.39 is 208 Å². The lowest BCUT2D eigenvalue weighted by Gasteiger charge is -2.26. The van der Waals surface area contributed by atoms with Crippen molar-refractivity contribution < 1.29 is 35.6 Å². The Bertz CT molecular complexity index is 3620. The maximum Gasteiger partial charge on any atom is 0.0651 e. The summed E-state index contributed by atoms with van der Waals surface area (Å²) in [6.45, 7) is 0. The molecule has 0 amide bonds. The van der Waals surface area contributed by atoms with Gasteiger partial charge in [0, 0.05) is 17.1 Å². The van der Waals surface area contributed by atoms with Gasteiger partial charge in [0.2, 0.25) is 0 Å². The molecule has 0 radical (unpaired) electrons. The van der Waals surface area contributed by atoms with Crippen LogP contribution in [-0.4, -0.2) is 0 Å². The third-order valence-electron chi connectivity index (χ3n) is 6.94. The van der Waals surface area contributed by atoms with E-state index >= 15 is 0 Å². The van der Waals surface area contributed by atoms with Gasteiger partial charge >= 0.3 is 0 Å². The lowest BCUT2D eigenvalue weighted by atomic mass is 9.97. The van der Waals surface area contributed by atoms with Crippen molar-refractivity contribution in [3.8, 4) is 44.5 Å². The van der Waals surface area contributed by atoms with Gasteiger partial charge in [0.25, 0.3) is 0 Å². The minimum Gasteiger partial charge on any atom is -0.310 e. The first-order valence-corrected chi connectivity index (χ1v) is 14.0. The van der Waals surface area contributed by atoms with E-state index in [1.165, 1.54) is 6.07 Å². The fourth-order valence-electron chi connectivity index (χ4n) is 4.76. The highest BCUT2D eigenvalue weighted by molar-refractivity contribution is 5.97. The van der Waals surface area contributed by atoms with Crippen LogP contribution in [0.3, 0.4) is 0 Å². The number of rotatable bonds is 7. The monoisotopic (exact) mass is 625 g/mol. The molecule has 0 atom stereocenters. The number of anilines is 3. The maximum absolute atomic E-state index is 9.74. The number of benzene rings is 8. The molecule has 0 heterocycles. The molecule has 0 fully saturated rings. The molecule has 8 rings (SSSR count). The minimum atomic E-state index is -1.18. The molecule has 0 unspecified atom stereocenters. The highest BCUT2D eigenvalue weighted by Gasteiger charge is 2.15. The van der Waals surface area contributed by atoms with Gasteiger partial charge in [0.05, 0.1) is 35.6 Å². The summed E-state index contributed by atoms with van der Waals surface area (Å²) in [6.07, 6.45) is 0. The molecule has 8 aromatic rings. The summed E-state index contributed by atoms with van der Waals surface area (Å²) < 4.78 is 231. The van der Waals surface area contributed by atoms with Crippen LogP contribution in [0, 0.1) is 0 Å². The second kappa shape index (κ2) is 12.7. The van der Waals surface area contributed by atoms with Crippen LogP contribution in [0.1, 0.15) is 35.6 Å². The Morgan fingerprint density at radius 2 is 0.787 bits per heavy atom. The lowest BCUT2D eigenvalue weighted by Crippen LogP contribution is -2.10. The van der Waals surface area contributed by atoms with Crippen LogP contribution >= 0.6 is 0 Å². The van der Waals surface area contributed by atoms with Gasteiger partial charge in [-0.05, 0) is 91.5 Å². The smallest absolute Gasteiger partial charge is 0.0651 e. The van der Waals surface area contributed by atoms with Crippen LogP contribution in [0.5, 0.6) is 0 Å². The summed E-state index contributed by atoms with van der Waals surface area (Å²) in [5, 5.41) is 1.05. The van der Waals surface area contributed by atoms with E-state index in [1.807, 2.05) is 0 Å². The largest absolute Gasteiger partial charge is 0.310 e. The standard InChI is InChI=1S/C46H33N/c1-3-11-34(12-4-1)36-21-23-37(24-22-36)39-27-31-43(32-28-39)47(42-29-25-38(26-30-42)35-13-5-2-6-14-35)44-18-9-17-41(33-44)46-20-10-16-40-15-7-8-19-45(40)46/h1-33H/i1D,2D,3D,4D,5D,6D,9D,11D,12D,13D,14D,17D,18D,21D,22D,23D,24D,25D,26D,27D,28D,29D,30D,31D,32D,33D. The van der Waals surface area contributed by atoms with E-state index in [-0.39, 0.29) is 11.1 Å². The predicted molar refractivity (Wildman–Crippen MR) is 200 cm³/mol. The third kappa shape index (κ3) is 5.83. The second-order valence-corrected chi connectivity index (χ2v) is 9.78. The first-order chi connectivity index (χ1) is 34.1. The lowest BCUT2D eigenvalue weighted by molar-refractivity contribution is 1.28. The van der Waals surface area contributed by atoms with Crippen LogP contribution in [-0.2, 0) is 0 Å². The van der Waals surface area contributed by atoms with Crippen LogP contribution in [0.2, 0.25) is 0 Å². The van der Waals surface area contributed by atoms with Crippen molar-refractivity contribution in [2.75, 3.05) is 4.90 Å². The fraction of sp³-hybridized carbons (Fsp3) is 0. The van der Waals surface area contributed by atoms with Gasteiger partial charge in [-0.15, -0.1) is 0 Å². The SMILES string of the molecule is [2H]c1c([2H])c([2H])c(-c2c([2H])c([2H])c(-c3c([2H])c([2H])c(N(c4c([2H])c([2H])c(-c5c([2H])c([2H])c([2H])c([2H])c5[2H])c([2H])c4[2H])c4c([2H])c([2H])c([2H])c(-c5cccc6ccccc56)c4[2H])c([2H])c3[2H])c([2H])c2[2H])c([2H])c1[2H]. The van der Waals surface area contributed by atoms with Gasteiger partial charge in [0.1, 0.15) is 0 Å². The molecule has 0 spiro atoms. The Kier molecular flexibility index (Phi) is 3.20. The molecule has 8 aromatic carbocycles. The minimum absolute atomic E-state index is 0.157. The zero-order valence-corrected chi connectivity index (χ0v) is 24.0. The Morgan fingerprint density at radius 1 is 0.340 bits per heavy atom. The Labute approximate surface area is 313 Å². The van der Waals surface area contributed by atoms with Crippen LogP contribution in [0.25, 0.3) is 55.3 Å². The van der Waals surface area contributed by atoms with Crippen molar-refractivity contribution in [3.63, 3.8) is 0 Å². The fourth-order valence-corrected chi connectivity index (χ4v) is 4.76. The topological polar surface area (TPSA) is 3.24 Å². The molecule has 0 aliphatic carbocycles. The molecule has 1 nitrogen and oxygen atoms in total. The summed E-state index contributed by atoms with van der Waals surface area (Å²) in [7, 11) is 0. The van der Waals surface area contributed by atoms with E-state index in [0.717, 1.165) is 0 Å². The molecule has 0 aromatic heterocycles. The number of nitrogens with zero attached hydrogens (tertiary/aromatic N) is 1. The summed E-state index contributed by atoms with van der Waals surface area (Å²) in [5.74, 6) is 0. The summed E-state index contributed by atoms with van der Waals surface area (Å²) in [5.41, 5.74) is -7.84. The van der Waals surface area contributed by atoms with Crippen LogP contribution in [0.4, 0.5) is 17.1 Å². The Morgan fingerprint density at radius 3 is 1.34 bits per heavy atom. The molecule has 47 heavy (non-hydrogen) atoms. The average Bonchev–Trinajstić information content (AvgIpc) is 3.36. The summed E-state index contributed by atoms with van der Waals surface area (Å²) >= 11 is 0. The number of hydrogen-bond donors (Lipinski definition) is 0. The second-order valence-electron chi connectivity index (χ2n) is 9.78. The van der Waals surface area contributed by atoms with Crippen LogP contribution < -0.4 is 4.90 Å². The van der Waals surface area contributed by atoms with Crippen molar-refractivity contribution in [2.45, 2.75) is 0 Å². The van der Waals surface area contributed by atoms with Crippen molar-refractivity contribution in [1.29, 1.82) is 0 Å². The van der Waals surface area contributed by atoms with Gasteiger partial charge in [-0.25, -0.2) is 0 Å². The van der Waals surface area contributed by atoms with Gasteiger partial charge in [-0.3, -0.25) is 0 Å². The normalized spacial score (nSPS) is 18.7. The van der Waals surface area contributed by atoms with Gasteiger partial charge in [-0.2, -0.15) is 0 Å². The molecular weight excluding hydrogens is 567 g/mol. The molecule has 0 aliphatic heterocycles. The molecule has 1 heteroatoms. The average molecular weight is 626 g/mol. The van der Waals surface area contributed by atoms with Crippen molar-refractivity contribution in [3.05, 3.63) is 200 Å². The van der Waals surface area contributed by atoms with Crippen molar-refractivity contribution >= 4 is 27.8 Å². The first kappa shape index (κ1) is 11.9. The molecule has 0 bridgehead atoms. The molecule has 0 saturated carbocycles. The van der Waals surface area contributed by atoms with E-state index in [4.69, 9.17) is 21.9 Å². The summed E-state index contributed by atoms with van der Waals surface area (Å²) in [6, 6.07) is -13.7. The Balaban J connectivity index is 1.51. The van der Waals surface area contributed by atoms with Gasteiger partial charge in [0.15, 0.2) is 0 Å². The van der Waals surface area contributed by atoms with Gasteiger partial charge in [-0.1, -0.05) is 163 Å². The molecule has 0 saturated heterocycles. The van der Waals surface area contributed by atoms with Crippen LogP contribution in [0.15, 0.2) is 200 Å². The Hall–Kier alpha value is -6.18. The zero-order valence-electron chi connectivity index (χ0n) is 50.0. The van der Waals surface area contributed by atoms with Crippen molar-refractivity contribution in [1.82, 2.24) is 0 Å². The van der Waals surface area contributed by atoms with E-state index in [2.05, 4.69) is 0 Å². The van der Waals surface area contributed by atoms with E-state index in [0.29, 0.717) is 15.7 Å². The molecule has 0 N–H and O–H groups in total. The maximum atomic E-state index is 9.74. The number of hydrogen-bond acceptors (Lipinski definition) is 1. The molecular formula is C46H33N. The highest BCUT2D eigenvalue weighted by Crippen LogP contribution is 2.39. The highest BCUT2D eigenvalue weighted by atomic mass is 15.1. The van der Waals surface area contributed by atoms with Gasteiger partial charge < -0.3 is 4.90 Å². The third-order valence-corrected chi connectivity index (χ3v) is 6.94. The molecule has 222 valence electrons. The molecule has 0 aliphatic rings. The number of fused-ring (bicyclic) bond motifs is 1. The predicted octanol–water partition coefficient (Wildman–Crippen LogP) is 13.0. The first-order valence-electron chi connectivity index (χ1n) is 27.0. The van der Waals surface area contributed by atoms with E-state index in [9.17, 15) is 13.7 Å². The quantitative estimate of drug-likeness (QED) is 0.170.